The molecule has 26 heavy (non-hydrogen) atoms. The molecule has 2 saturated heterocycles. The molecule has 0 aromatic heterocycles. The van der Waals surface area contributed by atoms with E-state index in [-0.39, 0.29) is 24.9 Å². The number of rotatable bonds is 5. The van der Waals surface area contributed by atoms with E-state index < -0.39 is 41.9 Å². The van der Waals surface area contributed by atoms with Crippen LogP contribution in [0.15, 0.2) is 0 Å². The highest BCUT2D eigenvalue weighted by atomic mass is 16.8. The van der Waals surface area contributed by atoms with Crippen molar-refractivity contribution in [2.45, 2.75) is 70.0 Å². The van der Waals surface area contributed by atoms with Crippen LogP contribution < -0.4 is 5.32 Å². The van der Waals surface area contributed by atoms with Crippen LogP contribution in [0.25, 0.3) is 0 Å². The molecule has 0 bridgehead atoms. The van der Waals surface area contributed by atoms with E-state index in [9.17, 15) is 14.7 Å². The molecule has 0 unspecified atom stereocenters. The van der Waals surface area contributed by atoms with Crippen LogP contribution in [0.4, 0.5) is 0 Å². The third-order valence-corrected chi connectivity index (χ3v) is 4.83. The Hall–Kier alpha value is -1.26. The van der Waals surface area contributed by atoms with Crippen molar-refractivity contribution in [3.8, 4) is 0 Å². The summed E-state index contributed by atoms with van der Waals surface area (Å²) in [5.41, 5.74) is 0. The van der Waals surface area contributed by atoms with Crippen LogP contribution in [0.1, 0.15) is 34.1 Å². The quantitative estimate of drug-likeness (QED) is 0.643. The minimum Gasteiger partial charge on any atom is -0.465 e. The van der Waals surface area contributed by atoms with Gasteiger partial charge in [0.25, 0.3) is 5.79 Å². The summed E-state index contributed by atoms with van der Waals surface area (Å²) < 4.78 is 27.3. The maximum atomic E-state index is 12.3. The van der Waals surface area contributed by atoms with Gasteiger partial charge in [-0.3, -0.25) is 4.79 Å². The Morgan fingerprint density at radius 2 is 1.92 bits per heavy atom. The van der Waals surface area contributed by atoms with Crippen LogP contribution >= 0.6 is 0 Å². The molecule has 6 atom stereocenters. The van der Waals surface area contributed by atoms with E-state index in [1.165, 1.54) is 21.1 Å². The zero-order valence-electron chi connectivity index (χ0n) is 16.1. The molecule has 0 aromatic carbocycles. The molecule has 1 amide bonds. The van der Waals surface area contributed by atoms with Crippen LogP contribution in [-0.4, -0.2) is 73.7 Å². The number of nitrogens with one attached hydrogen (secondary N) is 1. The van der Waals surface area contributed by atoms with E-state index in [0.29, 0.717) is 0 Å². The van der Waals surface area contributed by atoms with E-state index in [1.807, 2.05) is 6.92 Å². The molecule has 0 aromatic rings. The lowest BCUT2D eigenvalue weighted by atomic mass is 9.83. The lowest BCUT2D eigenvalue weighted by Gasteiger charge is -2.47. The number of aliphatic hydroxyl groups excluding tert-OH is 1. The van der Waals surface area contributed by atoms with Crippen molar-refractivity contribution in [3.05, 3.63) is 0 Å². The SMILES string of the molecule is COC(=O)[C@]1(OC)C[C@@H](C)[C@@H](NC(C)=O)[C@H]([C@H](O)[C@H]2COC(C)(C)O2)O1. The van der Waals surface area contributed by atoms with Crippen LogP contribution in [-0.2, 0) is 33.3 Å². The van der Waals surface area contributed by atoms with Gasteiger partial charge in [-0.15, -0.1) is 0 Å². The first-order chi connectivity index (χ1) is 12.0. The maximum absolute atomic E-state index is 12.3. The van der Waals surface area contributed by atoms with E-state index in [0.717, 1.165) is 0 Å². The molecule has 2 N–H and O–H groups in total. The van der Waals surface area contributed by atoms with Gasteiger partial charge >= 0.3 is 5.97 Å². The second-order valence-corrected chi connectivity index (χ2v) is 7.30. The Bertz CT molecular complexity index is 539. The first-order valence-electron chi connectivity index (χ1n) is 8.63. The summed E-state index contributed by atoms with van der Waals surface area (Å²) in [6.07, 6.45) is -2.62. The number of aliphatic hydroxyl groups is 1. The predicted molar refractivity (Wildman–Crippen MR) is 88.9 cm³/mol. The van der Waals surface area contributed by atoms with Crippen molar-refractivity contribution >= 4 is 11.9 Å². The highest BCUT2D eigenvalue weighted by Gasteiger charge is 2.55. The summed E-state index contributed by atoms with van der Waals surface area (Å²) in [7, 11) is 2.57. The van der Waals surface area contributed by atoms with Crippen molar-refractivity contribution in [2.24, 2.45) is 5.92 Å². The van der Waals surface area contributed by atoms with E-state index in [4.69, 9.17) is 23.7 Å². The van der Waals surface area contributed by atoms with Gasteiger partial charge in [-0.25, -0.2) is 4.79 Å². The molecule has 9 heteroatoms. The lowest BCUT2D eigenvalue weighted by Crippen LogP contribution is -2.65. The third kappa shape index (κ3) is 4.17. The van der Waals surface area contributed by atoms with Gasteiger partial charge in [0, 0.05) is 20.5 Å². The van der Waals surface area contributed by atoms with Crippen molar-refractivity contribution in [1.82, 2.24) is 5.32 Å². The fourth-order valence-electron chi connectivity index (χ4n) is 3.55. The molecule has 0 aliphatic carbocycles. The van der Waals surface area contributed by atoms with Crippen LogP contribution in [0.2, 0.25) is 0 Å². The summed E-state index contributed by atoms with van der Waals surface area (Å²) in [5, 5.41) is 13.7. The summed E-state index contributed by atoms with van der Waals surface area (Å²) >= 11 is 0. The summed E-state index contributed by atoms with van der Waals surface area (Å²) in [4.78, 5) is 23.9. The van der Waals surface area contributed by atoms with Gasteiger partial charge in [-0.1, -0.05) is 6.92 Å². The van der Waals surface area contributed by atoms with Crippen molar-refractivity contribution in [1.29, 1.82) is 0 Å². The van der Waals surface area contributed by atoms with E-state index in [1.54, 1.807) is 13.8 Å². The molecular weight excluding hydrogens is 346 g/mol. The molecule has 2 aliphatic rings. The van der Waals surface area contributed by atoms with Gasteiger partial charge in [-0.2, -0.15) is 0 Å². The number of carbonyl (C=O) groups is 2. The van der Waals surface area contributed by atoms with Gasteiger partial charge in [0.05, 0.1) is 19.8 Å². The Kier molecular flexibility index (Phi) is 6.29. The van der Waals surface area contributed by atoms with E-state index >= 15 is 0 Å². The zero-order chi connectivity index (χ0) is 19.7. The van der Waals surface area contributed by atoms with Crippen LogP contribution in [0.3, 0.4) is 0 Å². The Morgan fingerprint density at radius 3 is 2.38 bits per heavy atom. The number of hydrogen-bond acceptors (Lipinski definition) is 8. The molecule has 0 spiro atoms. The molecule has 2 rings (SSSR count). The number of carbonyl (C=O) groups excluding carboxylic acids is 2. The first-order valence-corrected chi connectivity index (χ1v) is 8.63. The smallest absolute Gasteiger partial charge is 0.366 e. The molecule has 9 nitrogen and oxygen atoms in total. The van der Waals surface area contributed by atoms with Gasteiger partial charge in [0.2, 0.25) is 5.91 Å². The number of methoxy groups -OCH3 is 2. The van der Waals surface area contributed by atoms with Crippen molar-refractivity contribution in [3.63, 3.8) is 0 Å². The second-order valence-electron chi connectivity index (χ2n) is 7.30. The zero-order valence-corrected chi connectivity index (χ0v) is 16.1. The number of ether oxygens (including phenoxy) is 5. The monoisotopic (exact) mass is 375 g/mol. The number of hydrogen-bond donors (Lipinski definition) is 2. The van der Waals surface area contributed by atoms with E-state index in [2.05, 4.69) is 5.32 Å². The molecule has 2 aliphatic heterocycles. The molecular formula is C17H29NO8. The number of esters is 1. The second kappa shape index (κ2) is 7.77. The largest absolute Gasteiger partial charge is 0.465 e. The Labute approximate surface area is 153 Å². The predicted octanol–water partition coefficient (Wildman–Crippen LogP) is -0.0558. The standard InChI is InChI=1S/C17H29NO8/c1-9-7-17(23-6,15(21)22-5)26-14(12(9)18-10(2)19)13(20)11-8-24-16(3,4)25-11/h9,11-14,20H,7-8H2,1-6H3,(H,18,19)/t9-,11-,12-,13-,14-,17+/m1/s1. The lowest BCUT2D eigenvalue weighted by molar-refractivity contribution is -0.299. The maximum Gasteiger partial charge on any atom is 0.366 e. The Morgan fingerprint density at radius 1 is 1.27 bits per heavy atom. The average molecular weight is 375 g/mol. The fourth-order valence-corrected chi connectivity index (χ4v) is 3.55. The van der Waals surface area contributed by atoms with Gasteiger partial charge in [0.15, 0.2) is 5.79 Å². The van der Waals surface area contributed by atoms with Crippen molar-refractivity contribution in [2.75, 3.05) is 20.8 Å². The van der Waals surface area contributed by atoms with Crippen molar-refractivity contribution < 1.29 is 38.4 Å². The molecule has 150 valence electrons. The average Bonchev–Trinajstić information content (AvgIpc) is 2.94. The summed E-state index contributed by atoms with van der Waals surface area (Å²) in [6, 6.07) is -0.539. The molecule has 2 fully saturated rings. The topological polar surface area (TPSA) is 113 Å². The minimum absolute atomic E-state index is 0.160. The molecule has 2 heterocycles. The molecule has 0 saturated carbocycles. The fraction of sp³-hybridized carbons (Fsp3) is 0.882. The highest BCUT2D eigenvalue weighted by Crippen LogP contribution is 2.38. The van der Waals surface area contributed by atoms with Gasteiger partial charge in [-0.05, 0) is 19.8 Å². The summed E-state index contributed by atoms with van der Waals surface area (Å²) in [6.45, 7) is 6.86. The summed E-state index contributed by atoms with van der Waals surface area (Å²) in [5.74, 6) is -3.70. The number of amides is 1. The first kappa shape index (κ1) is 21.0. The molecule has 0 radical (unpaired) electrons. The highest BCUT2D eigenvalue weighted by molar-refractivity contribution is 5.78. The van der Waals surface area contributed by atoms with Gasteiger partial charge < -0.3 is 34.1 Å². The third-order valence-electron chi connectivity index (χ3n) is 4.83. The minimum atomic E-state index is -1.66. The van der Waals surface area contributed by atoms with Crippen LogP contribution in [0, 0.1) is 5.92 Å². The normalized spacial score (nSPS) is 37.8. The van der Waals surface area contributed by atoms with Gasteiger partial charge in [0.1, 0.15) is 18.3 Å². The Balaban J connectivity index is 2.31. The van der Waals surface area contributed by atoms with Crippen LogP contribution in [0.5, 0.6) is 0 Å².